The van der Waals surface area contributed by atoms with Crippen molar-refractivity contribution in [3.05, 3.63) is 28.2 Å². The van der Waals surface area contributed by atoms with Crippen molar-refractivity contribution in [1.29, 1.82) is 0 Å². The summed E-state index contributed by atoms with van der Waals surface area (Å²) in [5.41, 5.74) is 7.96. The number of amides is 1. The Morgan fingerprint density at radius 2 is 2.33 bits per heavy atom. The molecule has 1 aromatic rings. The highest BCUT2D eigenvalue weighted by Gasteiger charge is 2.26. The van der Waals surface area contributed by atoms with Gasteiger partial charge in [-0.2, -0.15) is 0 Å². The molecule has 5 heteroatoms. The van der Waals surface area contributed by atoms with Gasteiger partial charge >= 0.3 is 0 Å². The average Bonchev–Trinajstić information content (AvgIpc) is 2.47. The molecule has 1 amide bonds. The molecule has 116 valence electrons. The summed E-state index contributed by atoms with van der Waals surface area (Å²) in [7, 11) is 0. The van der Waals surface area contributed by atoms with Crippen molar-refractivity contribution < 1.29 is 4.79 Å². The standard InChI is InChI=1S/C16H24BrN3O/c1-3-19-11(2)14-9-13(17)6-7-15(14)20-8-4-5-12(10-20)16(18)21/h6-7,9,11-12,19H,3-5,8,10H2,1-2H3,(H2,18,21). The molecular weight excluding hydrogens is 330 g/mol. The fourth-order valence-electron chi connectivity index (χ4n) is 3.00. The lowest BCUT2D eigenvalue weighted by Crippen LogP contribution is -2.41. The van der Waals surface area contributed by atoms with Crippen LogP contribution in [0, 0.1) is 5.92 Å². The van der Waals surface area contributed by atoms with E-state index in [4.69, 9.17) is 5.73 Å². The van der Waals surface area contributed by atoms with Gasteiger partial charge in [-0.3, -0.25) is 4.79 Å². The topological polar surface area (TPSA) is 58.4 Å². The van der Waals surface area contributed by atoms with Crippen LogP contribution in [-0.2, 0) is 4.79 Å². The first-order valence-corrected chi connectivity index (χ1v) is 8.39. The highest BCUT2D eigenvalue weighted by atomic mass is 79.9. The first-order valence-electron chi connectivity index (χ1n) is 7.60. The van der Waals surface area contributed by atoms with Crippen molar-refractivity contribution in [2.75, 3.05) is 24.5 Å². The van der Waals surface area contributed by atoms with Crippen LogP contribution in [0.5, 0.6) is 0 Å². The molecule has 21 heavy (non-hydrogen) atoms. The van der Waals surface area contributed by atoms with Gasteiger partial charge < -0.3 is 16.0 Å². The number of nitrogens with zero attached hydrogens (tertiary/aromatic N) is 1. The number of piperidine rings is 1. The molecule has 1 heterocycles. The summed E-state index contributed by atoms with van der Waals surface area (Å²) in [6, 6.07) is 6.63. The second-order valence-corrected chi connectivity index (χ2v) is 6.59. The molecule has 2 unspecified atom stereocenters. The third-order valence-electron chi connectivity index (χ3n) is 4.13. The number of carbonyl (C=O) groups excluding carboxylic acids is 1. The van der Waals surface area contributed by atoms with Crippen LogP contribution < -0.4 is 16.0 Å². The first kappa shape index (κ1) is 16.3. The van der Waals surface area contributed by atoms with Gasteiger partial charge in [0.15, 0.2) is 0 Å². The monoisotopic (exact) mass is 353 g/mol. The Labute approximate surface area is 135 Å². The predicted molar refractivity (Wildman–Crippen MR) is 90.4 cm³/mol. The molecule has 0 spiro atoms. The quantitative estimate of drug-likeness (QED) is 0.855. The molecule has 1 aliphatic rings. The summed E-state index contributed by atoms with van der Waals surface area (Å²) < 4.78 is 1.08. The number of hydrogen-bond donors (Lipinski definition) is 2. The van der Waals surface area contributed by atoms with Gasteiger partial charge in [-0.05, 0) is 50.1 Å². The maximum Gasteiger partial charge on any atom is 0.222 e. The molecule has 1 fully saturated rings. The normalized spacial score (nSPS) is 20.3. The van der Waals surface area contributed by atoms with Crippen LogP contribution in [0.25, 0.3) is 0 Å². The number of anilines is 1. The van der Waals surface area contributed by atoms with Gasteiger partial charge in [0, 0.05) is 29.3 Å². The molecule has 0 saturated carbocycles. The number of hydrogen-bond acceptors (Lipinski definition) is 3. The van der Waals surface area contributed by atoms with E-state index in [9.17, 15) is 4.79 Å². The van der Waals surface area contributed by atoms with Gasteiger partial charge in [0.2, 0.25) is 5.91 Å². The van der Waals surface area contributed by atoms with E-state index in [1.807, 2.05) is 0 Å². The van der Waals surface area contributed by atoms with Crippen LogP contribution in [0.4, 0.5) is 5.69 Å². The van der Waals surface area contributed by atoms with Crippen molar-refractivity contribution in [2.45, 2.75) is 32.7 Å². The minimum absolute atomic E-state index is 0.0373. The second-order valence-electron chi connectivity index (χ2n) is 5.67. The summed E-state index contributed by atoms with van der Waals surface area (Å²) in [5.74, 6) is -0.220. The minimum atomic E-state index is -0.182. The largest absolute Gasteiger partial charge is 0.370 e. The Balaban J connectivity index is 2.27. The number of benzene rings is 1. The van der Waals surface area contributed by atoms with Crippen LogP contribution in [0.15, 0.2) is 22.7 Å². The molecule has 1 saturated heterocycles. The van der Waals surface area contributed by atoms with Crippen molar-refractivity contribution in [2.24, 2.45) is 11.7 Å². The molecule has 4 nitrogen and oxygen atoms in total. The van der Waals surface area contributed by atoms with Crippen molar-refractivity contribution >= 4 is 27.5 Å². The number of primary amides is 1. The second kappa shape index (κ2) is 7.27. The zero-order valence-electron chi connectivity index (χ0n) is 12.7. The predicted octanol–water partition coefficient (Wildman–Crippen LogP) is 2.82. The average molecular weight is 354 g/mol. The fraction of sp³-hybridized carbons (Fsp3) is 0.562. The number of carbonyl (C=O) groups is 1. The van der Waals surface area contributed by atoms with E-state index in [2.05, 4.69) is 58.2 Å². The SMILES string of the molecule is CCNC(C)c1cc(Br)ccc1N1CCCC(C(N)=O)C1. The Bertz CT molecular complexity index is 506. The molecule has 3 N–H and O–H groups in total. The molecular formula is C16H24BrN3O. The molecule has 1 aromatic carbocycles. The van der Waals surface area contributed by atoms with Gasteiger partial charge in [-0.15, -0.1) is 0 Å². The molecule has 1 aliphatic heterocycles. The smallest absolute Gasteiger partial charge is 0.222 e. The lowest BCUT2D eigenvalue weighted by Gasteiger charge is -2.35. The maximum atomic E-state index is 11.5. The molecule has 0 aromatic heterocycles. The third-order valence-corrected chi connectivity index (χ3v) is 4.62. The van der Waals surface area contributed by atoms with Gasteiger partial charge in [0.25, 0.3) is 0 Å². The summed E-state index contributed by atoms with van der Waals surface area (Å²) >= 11 is 3.55. The highest BCUT2D eigenvalue weighted by molar-refractivity contribution is 9.10. The molecule has 2 rings (SSSR count). The fourth-order valence-corrected chi connectivity index (χ4v) is 3.38. The Hall–Kier alpha value is -1.07. The number of nitrogens with two attached hydrogens (primary N) is 1. The van der Waals surface area contributed by atoms with Gasteiger partial charge in [0.05, 0.1) is 5.92 Å². The lowest BCUT2D eigenvalue weighted by molar-refractivity contribution is -0.122. The van der Waals surface area contributed by atoms with Crippen LogP contribution in [0.3, 0.4) is 0 Å². The number of nitrogens with one attached hydrogen (secondary N) is 1. The number of halogens is 1. The van der Waals surface area contributed by atoms with Crippen molar-refractivity contribution in [1.82, 2.24) is 5.32 Å². The zero-order chi connectivity index (χ0) is 15.4. The molecule has 0 radical (unpaired) electrons. The van der Waals surface area contributed by atoms with Crippen LogP contribution in [0.2, 0.25) is 0 Å². The van der Waals surface area contributed by atoms with E-state index >= 15 is 0 Å². The minimum Gasteiger partial charge on any atom is -0.370 e. The molecule has 0 aliphatic carbocycles. The lowest BCUT2D eigenvalue weighted by atomic mass is 9.95. The van der Waals surface area contributed by atoms with Crippen LogP contribution in [0.1, 0.15) is 38.3 Å². The Morgan fingerprint density at radius 1 is 1.57 bits per heavy atom. The summed E-state index contributed by atoms with van der Waals surface area (Å²) in [6.07, 6.45) is 1.92. The van der Waals surface area contributed by atoms with E-state index in [-0.39, 0.29) is 17.9 Å². The first-order chi connectivity index (χ1) is 10.0. The Kier molecular flexibility index (Phi) is 5.65. The van der Waals surface area contributed by atoms with Crippen LogP contribution >= 0.6 is 15.9 Å². The highest BCUT2D eigenvalue weighted by Crippen LogP contribution is 2.32. The van der Waals surface area contributed by atoms with E-state index < -0.39 is 0 Å². The van der Waals surface area contributed by atoms with Gasteiger partial charge in [-0.25, -0.2) is 0 Å². The summed E-state index contributed by atoms with van der Waals surface area (Å²) in [5, 5.41) is 3.46. The maximum absolute atomic E-state index is 11.5. The van der Waals surface area contributed by atoms with Gasteiger partial charge in [0.1, 0.15) is 0 Å². The Morgan fingerprint density at radius 3 is 3.00 bits per heavy atom. The molecule has 0 bridgehead atoms. The number of rotatable bonds is 5. The summed E-state index contributed by atoms with van der Waals surface area (Å²) in [4.78, 5) is 13.8. The zero-order valence-corrected chi connectivity index (χ0v) is 14.3. The van der Waals surface area contributed by atoms with Gasteiger partial charge in [-0.1, -0.05) is 22.9 Å². The van der Waals surface area contributed by atoms with E-state index in [1.165, 1.54) is 11.3 Å². The van der Waals surface area contributed by atoms with Crippen molar-refractivity contribution in [3.8, 4) is 0 Å². The van der Waals surface area contributed by atoms with E-state index in [1.54, 1.807) is 0 Å². The van der Waals surface area contributed by atoms with Crippen molar-refractivity contribution in [3.63, 3.8) is 0 Å². The van der Waals surface area contributed by atoms with Crippen LogP contribution in [-0.4, -0.2) is 25.5 Å². The van der Waals surface area contributed by atoms with E-state index in [0.29, 0.717) is 0 Å². The van der Waals surface area contributed by atoms with E-state index in [0.717, 1.165) is 36.9 Å². The molecule has 2 atom stereocenters. The third kappa shape index (κ3) is 3.98. The summed E-state index contributed by atoms with van der Waals surface area (Å²) in [6.45, 7) is 6.92.